The Morgan fingerprint density at radius 3 is 2.75 bits per heavy atom. The number of benzene rings is 1. The lowest BCUT2D eigenvalue weighted by molar-refractivity contribution is -0.384. The summed E-state index contributed by atoms with van der Waals surface area (Å²) >= 11 is 0. The molecule has 1 aromatic rings. The van der Waals surface area contributed by atoms with E-state index in [0.717, 1.165) is 6.07 Å². The predicted octanol–water partition coefficient (Wildman–Crippen LogP) is 1.74. The second kappa shape index (κ2) is 7.03. The summed E-state index contributed by atoms with van der Waals surface area (Å²) in [5.41, 5.74) is -0.181. The molecule has 1 aromatic carbocycles. The van der Waals surface area contributed by atoms with Crippen LogP contribution < -0.4 is 5.32 Å². The molecule has 0 unspecified atom stereocenters. The number of aliphatic carboxylic acids is 1. The normalized spacial score (nSPS) is 11.4. The minimum Gasteiger partial charge on any atom is -0.480 e. The van der Waals surface area contributed by atoms with Crippen molar-refractivity contribution in [1.82, 2.24) is 5.32 Å². The van der Waals surface area contributed by atoms with Gasteiger partial charge in [-0.05, 0) is 18.9 Å². The number of nitro groups is 1. The Balaban J connectivity index is 2.83. The second-order valence-electron chi connectivity index (χ2n) is 4.04. The lowest BCUT2D eigenvalue weighted by Gasteiger charge is -2.13. The molecule has 0 saturated carbocycles. The van der Waals surface area contributed by atoms with Gasteiger partial charge in [0, 0.05) is 17.7 Å². The number of nitrogens with zero attached hydrogens (tertiary/aromatic N) is 1. The van der Waals surface area contributed by atoms with E-state index in [-0.39, 0.29) is 17.7 Å². The van der Waals surface area contributed by atoms with Crippen LogP contribution in [0.25, 0.3) is 0 Å². The van der Waals surface area contributed by atoms with Gasteiger partial charge in [0.2, 0.25) is 0 Å². The highest BCUT2D eigenvalue weighted by Crippen LogP contribution is 2.13. The number of nitrogens with one attached hydrogen (secondary N) is 1. The fourth-order valence-corrected chi connectivity index (χ4v) is 1.54. The first-order valence-corrected chi connectivity index (χ1v) is 5.84. The van der Waals surface area contributed by atoms with Crippen LogP contribution in [0.5, 0.6) is 0 Å². The third-order valence-corrected chi connectivity index (χ3v) is 2.58. The average Bonchev–Trinajstić information content (AvgIpc) is 2.42. The maximum Gasteiger partial charge on any atom is 0.326 e. The van der Waals surface area contributed by atoms with Crippen LogP contribution in [0.1, 0.15) is 23.2 Å². The van der Waals surface area contributed by atoms with Crippen molar-refractivity contribution in [3.05, 3.63) is 52.6 Å². The largest absolute Gasteiger partial charge is 0.480 e. The van der Waals surface area contributed by atoms with E-state index in [1.807, 2.05) is 0 Å². The van der Waals surface area contributed by atoms with Crippen LogP contribution in [-0.2, 0) is 4.79 Å². The number of carboxylic acid groups (broad SMARTS) is 1. The Hall–Kier alpha value is -2.70. The van der Waals surface area contributed by atoms with Crippen LogP contribution in [0.4, 0.5) is 5.69 Å². The molecule has 0 aliphatic rings. The molecular formula is C13H14N2O5. The van der Waals surface area contributed by atoms with Crippen molar-refractivity contribution in [2.24, 2.45) is 0 Å². The molecular weight excluding hydrogens is 264 g/mol. The number of rotatable bonds is 7. The number of nitro benzene ring substituents is 1. The zero-order valence-corrected chi connectivity index (χ0v) is 10.6. The van der Waals surface area contributed by atoms with Gasteiger partial charge in [-0.1, -0.05) is 12.1 Å². The van der Waals surface area contributed by atoms with Crippen molar-refractivity contribution in [3.8, 4) is 0 Å². The molecule has 7 nitrogen and oxygen atoms in total. The molecule has 0 aromatic heterocycles. The fraction of sp³-hybridized carbons (Fsp3) is 0.231. The average molecular weight is 278 g/mol. The lowest BCUT2D eigenvalue weighted by atomic mass is 10.1. The Labute approximate surface area is 115 Å². The monoisotopic (exact) mass is 278 g/mol. The molecule has 0 aliphatic heterocycles. The second-order valence-corrected chi connectivity index (χ2v) is 4.04. The van der Waals surface area contributed by atoms with Crippen molar-refractivity contribution in [1.29, 1.82) is 0 Å². The standard InChI is InChI=1S/C13H14N2O5/c1-2-3-7-11(13(17)18)14-12(16)9-5-4-6-10(8-9)15(19)20/h2,4-6,8,11H,1,3,7H2,(H,14,16)(H,17,18)/t11-/m0/s1. The summed E-state index contributed by atoms with van der Waals surface area (Å²) < 4.78 is 0. The molecule has 0 aliphatic carbocycles. The molecule has 20 heavy (non-hydrogen) atoms. The maximum absolute atomic E-state index is 11.9. The Kier molecular flexibility index (Phi) is 5.40. The maximum atomic E-state index is 11.9. The van der Waals surface area contributed by atoms with Crippen LogP contribution in [0.2, 0.25) is 0 Å². The number of carbonyl (C=O) groups excluding carboxylic acids is 1. The minimum atomic E-state index is -1.16. The van der Waals surface area contributed by atoms with Gasteiger partial charge in [0.15, 0.2) is 0 Å². The smallest absolute Gasteiger partial charge is 0.326 e. The summed E-state index contributed by atoms with van der Waals surface area (Å²) in [6.45, 7) is 3.48. The van der Waals surface area contributed by atoms with Crippen LogP contribution in [0.3, 0.4) is 0 Å². The van der Waals surface area contributed by atoms with Crippen LogP contribution >= 0.6 is 0 Å². The van der Waals surface area contributed by atoms with Crippen LogP contribution in [-0.4, -0.2) is 27.9 Å². The first-order valence-electron chi connectivity index (χ1n) is 5.84. The first kappa shape index (κ1) is 15.4. The number of amides is 1. The molecule has 106 valence electrons. The van der Waals surface area contributed by atoms with Crippen molar-refractivity contribution >= 4 is 17.6 Å². The molecule has 1 amide bonds. The van der Waals surface area contributed by atoms with Gasteiger partial charge in [0.1, 0.15) is 6.04 Å². The summed E-state index contributed by atoms with van der Waals surface area (Å²) in [4.78, 5) is 32.9. The Morgan fingerprint density at radius 1 is 1.50 bits per heavy atom. The third-order valence-electron chi connectivity index (χ3n) is 2.58. The van der Waals surface area contributed by atoms with Crippen molar-refractivity contribution in [3.63, 3.8) is 0 Å². The molecule has 0 saturated heterocycles. The van der Waals surface area contributed by atoms with E-state index in [1.54, 1.807) is 6.08 Å². The Bertz CT molecular complexity index is 541. The van der Waals surface area contributed by atoms with E-state index in [1.165, 1.54) is 18.2 Å². The highest BCUT2D eigenvalue weighted by molar-refractivity contribution is 5.97. The van der Waals surface area contributed by atoms with E-state index < -0.39 is 22.8 Å². The summed E-state index contributed by atoms with van der Waals surface area (Å²) in [6.07, 6.45) is 2.20. The molecule has 0 fully saturated rings. The summed E-state index contributed by atoms with van der Waals surface area (Å²) in [5, 5.41) is 21.9. The summed E-state index contributed by atoms with van der Waals surface area (Å²) in [7, 11) is 0. The van der Waals surface area contributed by atoms with Gasteiger partial charge in [-0.25, -0.2) is 4.79 Å². The third kappa shape index (κ3) is 4.20. The van der Waals surface area contributed by atoms with Gasteiger partial charge in [0.05, 0.1) is 4.92 Å². The molecule has 1 atom stereocenters. The van der Waals surface area contributed by atoms with Crippen LogP contribution in [0, 0.1) is 10.1 Å². The zero-order chi connectivity index (χ0) is 15.1. The van der Waals surface area contributed by atoms with E-state index in [4.69, 9.17) is 5.11 Å². The quantitative estimate of drug-likeness (QED) is 0.448. The molecule has 7 heteroatoms. The van der Waals surface area contributed by atoms with Crippen molar-refractivity contribution in [2.75, 3.05) is 0 Å². The van der Waals surface area contributed by atoms with Gasteiger partial charge in [-0.2, -0.15) is 0 Å². The number of hydrogen-bond acceptors (Lipinski definition) is 4. The molecule has 0 radical (unpaired) electrons. The number of carbonyl (C=O) groups is 2. The van der Waals surface area contributed by atoms with Crippen molar-refractivity contribution in [2.45, 2.75) is 18.9 Å². The highest BCUT2D eigenvalue weighted by atomic mass is 16.6. The number of allylic oxidation sites excluding steroid dienone is 1. The molecule has 0 bridgehead atoms. The van der Waals surface area contributed by atoms with Gasteiger partial charge < -0.3 is 10.4 Å². The van der Waals surface area contributed by atoms with Crippen molar-refractivity contribution < 1.29 is 19.6 Å². The van der Waals surface area contributed by atoms with Gasteiger partial charge in [-0.15, -0.1) is 6.58 Å². The zero-order valence-electron chi connectivity index (χ0n) is 10.6. The molecule has 2 N–H and O–H groups in total. The van der Waals surface area contributed by atoms with Crippen LogP contribution in [0.15, 0.2) is 36.9 Å². The van der Waals surface area contributed by atoms with Gasteiger partial charge >= 0.3 is 5.97 Å². The molecule has 0 spiro atoms. The number of non-ortho nitro benzene ring substituents is 1. The molecule has 0 heterocycles. The topological polar surface area (TPSA) is 110 Å². The molecule has 1 rings (SSSR count). The van der Waals surface area contributed by atoms with Gasteiger partial charge in [0.25, 0.3) is 11.6 Å². The highest BCUT2D eigenvalue weighted by Gasteiger charge is 2.20. The fourth-order valence-electron chi connectivity index (χ4n) is 1.54. The minimum absolute atomic E-state index is 0.0454. The van der Waals surface area contributed by atoms with Gasteiger partial charge in [-0.3, -0.25) is 14.9 Å². The first-order chi connectivity index (χ1) is 9.45. The lowest BCUT2D eigenvalue weighted by Crippen LogP contribution is -2.40. The number of carboxylic acids is 1. The number of hydrogen-bond donors (Lipinski definition) is 2. The van der Waals surface area contributed by atoms with E-state index in [0.29, 0.717) is 6.42 Å². The van der Waals surface area contributed by atoms with E-state index in [2.05, 4.69) is 11.9 Å². The van der Waals surface area contributed by atoms with E-state index in [9.17, 15) is 19.7 Å². The summed E-state index contributed by atoms with van der Waals surface area (Å²) in [6, 6.07) is 4.05. The predicted molar refractivity (Wildman–Crippen MR) is 71.4 cm³/mol. The Morgan fingerprint density at radius 2 is 2.20 bits per heavy atom. The SMILES string of the molecule is C=CCC[C@H](NC(=O)c1cccc([N+](=O)[O-])c1)C(=O)O. The summed E-state index contributed by atoms with van der Waals surface area (Å²) in [5.74, 6) is -1.82. The van der Waals surface area contributed by atoms with E-state index >= 15 is 0 Å².